The van der Waals surface area contributed by atoms with Gasteiger partial charge in [-0.3, -0.25) is 4.79 Å². The second-order valence-corrected chi connectivity index (χ2v) is 7.89. The Balaban J connectivity index is 1.62. The van der Waals surface area contributed by atoms with Crippen molar-refractivity contribution in [3.8, 4) is 0 Å². The highest BCUT2D eigenvalue weighted by molar-refractivity contribution is 8.00. The molecule has 1 aromatic carbocycles. The lowest BCUT2D eigenvalue weighted by Gasteiger charge is -2.20. The molecular weight excluding hydrogens is 304 g/mol. The number of likely N-dealkylation sites (tertiary alicyclic amines) is 1. The number of hydrogen-bond acceptors (Lipinski definition) is 3. The number of rotatable bonds is 7. The van der Waals surface area contributed by atoms with Crippen LogP contribution in [0.5, 0.6) is 0 Å². The van der Waals surface area contributed by atoms with Crippen LogP contribution < -0.4 is 5.32 Å². The van der Waals surface area contributed by atoms with Gasteiger partial charge >= 0.3 is 0 Å². The maximum atomic E-state index is 12.2. The zero-order valence-electron chi connectivity index (χ0n) is 14.5. The van der Waals surface area contributed by atoms with E-state index in [0.717, 1.165) is 24.4 Å². The molecule has 1 aliphatic heterocycles. The van der Waals surface area contributed by atoms with Crippen molar-refractivity contribution in [3.63, 3.8) is 0 Å². The molecule has 1 amide bonds. The molecule has 0 saturated carbocycles. The summed E-state index contributed by atoms with van der Waals surface area (Å²) in [7, 11) is 0. The van der Waals surface area contributed by atoms with Gasteiger partial charge < -0.3 is 10.2 Å². The van der Waals surface area contributed by atoms with Gasteiger partial charge in [0.25, 0.3) is 0 Å². The molecule has 0 aliphatic carbocycles. The number of hydrogen-bond donors (Lipinski definition) is 1. The number of carbonyl (C=O) groups excluding carboxylic acids is 1. The Kier molecular flexibility index (Phi) is 7.96. The summed E-state index contributed by atoms with van der Waals surface area (Å²) in [5, 5.41) is 3.04. The highest BCUT2D eigenvalue weighted by Gasteiger charge is 2.14. The molecule has 1 N–H and O–H groups in total. The lowest BCUT2D eigenvalue weighted by Crippen LogP contribution is -2.34. The molecule has 0 spiro atoms. The van der Waals surface area contributed by atoms with Crippen molar-refractivity contribution in [1.29, 1.82) is 0 Å². The molecule has 1 heterocycles. The minimum absolute atomic E-state index is 0.0455. The Hall–Kier alpha value is -1.00. The normalized spacial score (nSPS) is 17.5. The summed E-state index contributed by atoms with van der Waals surface area (Å²) in [6.45, 7) is 8.42. The fourth-order valence-electron chi connectivity index (χ4n) is 2.89. The van der Waals surface area contributed by atoms with E-state index in [1.54, 1.807) is 11.8 Å². The van der Waals surface area contributed by atoms with Crippen LogP contribution in [0, 0.1) is 6.92 Å². The lowest BCUT2D eigenvalue weighted by molar-refractivity contribution is -0.120. The average Bonchev–Trinajstić information content (AvgIpc) is 2.82. The molecule has 1 fully saturated rings. The van der Waals surface area contributed by atoms with Crippen molar-refractivity contribution in [2.45, 2.75) is 56.1 Å². The van der Waals surface area contributed by atoms with E-state index in [4.69, 9.17) is 0 Å². The summed E-state index contributed by atoms with van der Waals surface area (Å²) in [6, 6.07) is 8.36. The van der Waals surface area contributed by atoms with Crippen molar-refractivity contribution >= 4 is 17.7 Å². The summed E-state index contributed by atoms with van der Waals surface area (Å²) >= 11 is 1.63. The van der Waals surface area contributed by atoms with E-state index in [9.17, 15) is 4.79 Å². The maximum absolute atomic E-state index is 12.2. The van der Waals surface area contributed by atoms with Crippen LogP contribution in [0.25, 0.3) is 0 Å². The second-order valence-electron chi connectivity index (χ2n) is 6.47. The molecule has 0 bridgehead atoms. The molecule has 3 nitrogen and oxygen atoms in total. The number of benzene rings is 1. The van der Waals surface area contributed by atoms with Crippen molar-refractivity contribution in [1.82, 2.24) is 10.2 Å². The van der Waals surface area contributed by atoms with Crippen LogP contribution in [0.2, 0.25) is 0 Å². The van der Waals surface area contributed by atoms with E-state index in [2.05, 4.69) is 41.4 Å². The van der Waals surface area contributed by atoms with Crippen molar-refractivity contribution in [2.24, 2.45) is 0 Å². The van der Waals surface area contributed by atoms with Crippen LogP contribution in [0.4, 0.5) is 0 Å². The number of amides is 1. The predicted octanol–water partition coefficient (Wildman–Crippen LogP) is 3.86. The Morgan fingerprint density at radius 1 is 1.17 bits per heavy atom. The molecule has 1 saturated heterocycles. The largest absolute Gasteiger partial charge is 0.355 e. The highest BCUT2D eigenvalue weighted by Crippen LogP contribution is 2.23. The van der Waals surface area contributed by atoms with Crippen molar-refractivity contribution in [2.75, 3.05) is 26.2 Å². The highest BCUT2D eigenvalue weighted by atomic mass is 32.2. The summed E-state index contributed by atoms with van der Waals surface area (Å²) < 4.78 is 0. The third kappa shape index (κ3) is 6.96. The van der Waals surface area contributed by atoms with Gasteiger partial charge in [-0.25, -0.2) is 0 Å². The molecule has 0 unspecified atom stereocenters. The molecule has 0 radical (unpaired) electrons. The van der Waals surface area contributed by atoms with E-state index in [1.807, 2.05) is 6.92 Å². The molecule has 0 aromatic heterocycles. The quantitative estimate of drug-likeness (QED) is 0.607. The van der Waals surface area contributed by atoms with Crippen LogP contribution in [0.15, 0.2) is 29.2 Å². The Morgan fingerprint density at radius 2 is 1.83 bits per heavy atom. The average molecular weight is 335 g/mol. The number of carbonyl (C=O) groups is 1. The number of aryl methyl sites for hydroxylation is 1. The van der Waals surface area contributed by atoms with Gasteiger partial charge in [0.05, 0.1) is 5.25 Å². The topological polar surface area (TPSA) is 32.3 Å². The zero-order valence-corrected chi connectivity index (χ0v) is 15.3. The molecule has 2 rings (SSSR count). The third-order valence-corrected chi connectivity index (χ3v) is 5.46. The number of thioether (sulfide) groups is 1. The third-order valence-electron chi connectivity index (χ3n) is 4.35. The number of nitrogens with zero attached hydrogens (tertiary/aromatic N) is 1. The first-order valence-electron chi connectivity index (χ1n) is 8.88. The molecular formula is C19H30N2OS. The van der Waals surface area contributed by atoms with Crippen molar-refractivity contribution < 1.29 is 4.79 Å². The molecule has 4 heteroatoms. The van der Waals surface area contributed by atoms with E-state index in [-0.39, 0.29) is 11.2 Å². The predicted molar refractivity (Wildman–Crippen MR) is 99.0 cm³/mol. The Morgan fingerprint density at radius 3 is 2.48 bits per heavy atom. The first-order valence-corrected chi connectivity index (χ1v) is 9.76. The second kappa shape index (κ2) is 9.99. The lowest BCUT2D eigenvalue weighted by atomic mass is 10.2. The van der Waals surface area contributed by atoms with Gasteiger partial charge in [0.2, 0.25) is 5.91 Å². The van der Waals surface area contributed by atoms with E-state index >= 15 is 0 Å². The first-order chi connectivity index (χ1) is 11.1. The van der Waals surface area contributed by atoms with Gasteiger partial charge in [-0.1, -0.05) is 30.5 Å². The van der Waals surface area contributed by atoms with Gasteiger partial charge in [0, 0.05) is 11.4 Å². The molecule has 23 heavy (non-hydrogen) atoms. The number of nitrogens with one attached hydrogen (secondary N) is 1. The summed E-state index contributed by atoms with van der Waals surface area (Å²) in [6.07, 6.45) is 6.46. The molecule has 128 valence electrons. The first kappa shape index (κ1) is 18.3. The van der Waals surface area contributed by atoms with E-state index in [0.29, 0.717) is 0 Å². The van der Waals surface area contributed by atoms with Crippen LogP contribution in [-0.2, 0) is 4.79 Å². The fraction of sp³-hybridized carbons (Fsp3) is 0.632. The van der Waals surface area contributed by atoms with Gasteiger partial charge in [0.15, 0.2) is 0 Å². The standard InChI is InChI=1S/C19H30N2OS/c1-16-8-10-18(11-9-16)23-17(2)19(22)20-12-7-15-21-13-5-3-4-6-14-21/h8-11,17H,3-7,12-15H2,1-2H3,(H,20,22)/t17-/m0/s1. The van der Waals surface area contributed by atoms with Crippen LogP contribution in [0.3, 0.4) is 0 Å². The summed E-state index contributed by atoms with van der Waals surface area (Å²) in [5.74, 6) is 0.145. The zero-order chi connectivity index (χ0) is 16.5. The van der Waals surface area contributed by atoms with Gasteiger partial charge in [-0.2, -0.15) is 0 Å². The SMILES string of the molecule is Cc1ccc(S[C@@H](C)C(=O)NCCCN2CCCCCC2)cc1. The van der Waals surface area contributed by atoms with E-state index < -0.39 is 0 Å². The van der Waals surface area contributed by atoms with Gasteiger partial charge in [-0.05, 0) is 64.9 Å². The molecule has 1 aromatic rings. The van der Waals surface area contributed by atoms with Gasteiger partial charge in [-0.15, -0.1) is 11.8 Å². The summed E-state index contributed by atoms with van der Waals surface area (Å²) in [4.78, 5) is 15.9. The van der Waals surface area contributed by atoms with Gasteiger partial charge in [0.1, 0.15) is 0 Å². The fourth-order valence-corrected chi connectivity index (χ4v) is 3.78. The Bertz CT molecular complexity index is 467. The van der Waals surface area contributed by atoms with Crippen LogP contribution >= 0.6 is 11.8 Å². The molecule has 1 aliphatic rings. The monoisotopic (exact) mass is 334 g/mol. The van der Waals surface area contributed by atoms with Crippen LogP contribution in [0.1, 0.15) is 44.6 Å². The maximum Gasteiger partial charge on any atom is 0.233 e. The minimum Gasteiger partial charge on any atom is -0.355 e. The Labute approximate surface area is 145 Å². The minimum atomic E-state index is -0.0455. The van der Waals surface area contributed by atoms with Crippen molar-refractivity contribution in [3.05, 3.63) is 29.8 Å². The van der Waals surface area contributed by atoms with E-state index in [1.165, 1.54) is 44.3 Å². The summed E-state index contributed by atoms with van der Waals surface area (Å²) in [5.41, 5.74) is 1.25. The smallest absolute Gasteiger partial charge is 0.233 e. The van der Waals surface area contributed by atoms with Crippen LogP contribution in [-0.4, -0.2) is 42.2 Å². The molecule has 1 atom stereocenters.